The topological polar surface area (TPSA) is 39.1 Å². The number of hydrogen-bond donors (Lipinski definition) is 1. The van der Waals surface area contributed by atoms with E-state index in [-0.39, 0.29) is 0 Å². The second kappa shape index (κ2) is 5.25. The molecule has 2 saturated carbocycles. The highest BCUT2D eigenvalue weighted by atomic mass is 16.5. The lowest BCUT2D eigenvalue weighted by molar-refractivity contribution is -0.172. The molecule has 1 N–H and O–H groups in total. The fourth-order valence-electron chi connectivity index (χ4n) is 3.75. The second-order valence-electron chi connectivity index (χ2n) is 5.97. The first-order valence-corrected chi connectivity index (χ1v) is 7.58. The highest BCUT2D eigenvalue weighted by Crippen LogP contribution is 2.57. The number of aryl methyl sites for hydroxylation is 1. The third-order valence-corrected chi connectivity index (χ3v) is 5.13. The zero-order valence-electron chi connectivity index (χ0n) is 12.1. The summed E-state index contributed by atoms with van der Waals surface area (Å²) < 4.78 is 7.85. The van der Waals surface area contributed by atoms with Crippen LogP contribution in [0.25, 0.3) is 0 Å². The average molecular weight is 263 g/mol. The van der Waals surface area contributed by atoms with Gasteiger partial charge in [-0.05, 0) is 32.3 Å². The van der Waals surface area contributed by atoms with Crippen molar-refractivity contribution in [1.82, 2.24) is 15.1 Å². The van der Waals surface area contributed by atoms with E-state index in [9.17, 15) is 0 Å². The first-order valence-electron chi connectivity index (χ1n) is 7.58. The predicted octanol–water partition coefficient (Wildman–Crippen LogP) is 1.90. The molecule has 0 saturated heterocycles. The molecule has 2 atom stereocenters. The van der Waals surface area contributed by atoms with E-state index in [4.69, 9.17) is 4.74 Å². The molecule has 1 aromatic heterocycles. The van der Waals surface area contributed by atoms with Crippen molar-refractivity contribution in [3.05, 3.63) is 18.0 Å². The van der Waals surface area contributed by atoms with Crippen LogP contribution in [0.3, 0.4) is 0 Å². The van der Waals surface area contributed by atoms with Gasteiger partial charge in [-0.3, -0.25) is 4.68 Å². The summed E-state index contributed by atoms with van der Waals surface area (Å²) in [7, 11) is 2.01. The van der Waals surface area contributed by atoms with Crippen molar-refractivity contribution in [2.24, 2.45) is 12.5 Å². The molecular weight excluding hydrogens is 238 g/mol. The van der Waals surface area contributed by atoms with E-state index in [1.165, 1.54) is 31.4 Å². The quantitative estimate of drug-likeness (QED) is 0.852. The maximum absolute atomic E-state index is 5.88. The number of nitrogens with one attached hydrogen (secondary N) is 1. The van der Waals surface area contributed by atoms with Crippen molar-refractivity contribution in [3.8, 4) is 0 Å². The van der Waals surface area contributed by atoms with Crippen LogP contribution in [0, 0.1) is 5.41 Å². The summed E-state index contributed by atoms with van der Waals surface area (Å²) in [6.45, 7) is 4.01. The standard InChI is InChI=1S/C15H25N3O/c1-3-19-14-11-13(15(14)7-4-8-15)16-9-5-12-6-10-17-18(12)2/h6,10,13-14,16H,3-5,7-9,11H2,1-2H3. The van der Waals surface area contributed by atoms with Crippen molar-refractivity contribution in [1.29, 1.82) is 0 Å². The Balaban J connectivity index is 1.48. The minimum atomic E-state index is 0.475. The molecular formula is C15H25N3O. The average Bonchev–Trinajstić information content (AvgIpc) is 2.70. The smallest absolute Gasteiger partial charge is 0.0661 e. The Bertz CT molecular complexity index is 425. The molecule has 2 aliphatic rings. The van der Waals surface area contributed by atoms with E-state index in [0.29, 0.717) is 17.6 Å². The van der Waals surface area contributed by atoms with Crippen molar-refractivity contribution in [2.75, 3.05) is 13.2 Å². The summed E-state index contributed by atoms with van der Waals surface area (Å²) in [4.78, 5) is 0. The van der Waals surface area contributed by atoms with Gasteiger partial charge in [0.2, 0.25) is 0 Å². The summed E-state index contributed by atoms with van der Waals surface area (Å²) in [5.74, 6) is 0. The minimum Gasteiger partial charge on any atom is -0.378 e. The Hall–Kier alpha value is -0.870. The van der Waals surface area contributed by atoms with E-state index in [0.717, 1.165) is 19.6 Å². The number of ether oxygens (including phenoxy) is 1. The van der Waals surface area contributed by atoms with Crippen molar-refractivity contribution in [3.63, 3.8) is 0 Å². The Morgan fingerprint density at radius 1 is 1.53 bits per heavy atom. The van der Waals surface area contributed by atoms with Gasteiger partial charge in [-0.15, -0.1) is 0 Å². The molecule has 0 bridgehead atoms. The summed E-state index contributed by atoms with van der Waals surface area (Å²) in [5.41, 5.74) is 1.78. The van der Waals surface area contributed by atoms with E-state index in [1.807, 2.05) is 17.9 Å². The molecule has 1 heterocycles. The zero-order chi connectivity index (χ0) is 13.3. The highest BCUT2D eigenvalue weighted by molar-refractivity contribution is 5.12. The summed E-state index contributed by atoms with van der Waals surface area (Å²) in [6.07, 6.45) is 8.71. The van der Waals surface area contributed by atoms with Crippen LogP contribution in [0.1, 0.15) is 38.3 Å². The first-order chi connectivity index (χ1) is 9.26. The second-order valence-corrected chi connectivity index (χ2v) is 5.97. The lowest BCUT2D eigenvalue weighted by atomic mass is 9.51. The van der Waals surface area contributed by atoms with Crippen molar-refractivity contribution >= 4 is 0 Å². The number of nitrogens with zero attached hydrogens (tertiary/aromatic N) is 2. The summed E-state index contributed by atoms with van der Waals surface area (Å²) >= 11 is 0. The molecule has 1 aromatic rings. The lowest BCUT2D eigenvalue weighted by Gasteiger charge is -2.61. The van der Waals surface area contributed by atoms with E-state index in [1.54, 1.807) is 0 Å². The van der Waals surface area contributed by atoms with Crippen LogP contribution in [0.5, 0.6) is 0 Å². The zero-order valence-corrected chi connectivity index (χ0v) is 12.1. The maximum atomic E-state index is 5.88. The Morgan fingerprint density at radius 3 is 2.95 bits per heavy atom. The van der Waals surface area contributed by atoms with E-state index in [2.05, 4.69) is 23.4 Å². The van der Waals surface area contributed by atoms with Gasteiger partial charge in [-0.1, -0.05) is 6.42 Å². The van der Waals surface area contributed by atoms with Crippen LogP contribution >= 0.6 is 0 Å². The van der Waals surface area contributed by atoms with Gasteiger partial charge in [0, 0.05) is 50.0 Å². The molecule has 4 nitrogen and oxygen atoms in total. The first kappa shape index (κ1) is 13.1. The van der Waals surface area contributed by atoms with Crippen LogP contribution < -0.4 is 5.32 Å². The third-order valence-electron chi connectivity index (χ3n) is 5.13. The molecule has 0 aromatic carbocycles. The van der Waals surface area contributed by atoms with Gasteiger partial charge in [0.15, 0.2) is 0 Å². The normalized spacial score (nSPS) is 28.1. The Morgan fingerprint density at radius 2 is 2.37 bits per heavy atom. The Kier molecular flexibility index (Phi) is 3.63. The van der Waals surface area contributed by atoms with Crippen LogP contribution in [0.15, 0.2) is 12.3 Å². The van der Waals surface area contributed by atoms with Crippen molar-refractivity contribution in [2.45, 2.75) is 51.2 Å². The van der Waals surface area contributed by atoms with Gasteiger partial charge in [0.25, 0.3) is 0 Å². The van der Waals surface area contributed by atoms with Gasteiger partial charge in [-0.2, -0.15) is 5.10 Å². The molecule has 19 heavy (non-hydrogen) atoms. The molecule has 2 aliphatic carbocycles. The fourth-order valence-corrected chi connectivity index (χ4v) is 3.75. The van der Waals surface area contributed by atoms with Crippen LogP contribution in [-0.2, 0) is 18.2 Å². The van der Waals surface area contributed by atoms with Gasteiger partial charge < -0.3 is 10.1 Å². The molecule has 0 amide bonds. The highest BCUT2D eigenvalue weighted by Gasteiger charge is 2.58. The molecule has 0 radical (unpaired) electrons. The third kappa shape index (κ3) is 2.21. The van der Waals surface area contributed by atoms with E-state index >= 15 is 0 Å². The van der Waals surface area contributed by atoms with Gasteiger partial charge in [-0.25, -0.2) is 0 Å². The number of hydrogen-bond acceptors (Lipinski definition) is 3. The SMILES string of the molecule is CCOC1CC(NCCc2ccnn2C)C12CCC2. The summed E-state index contributed by atoms with van der Waals surface area (Å²) in [6, 6.07) is 2.77. The monoisotopic (exact) mass is 263 g/mol. The molecule has 2 unspecified atom stereocenters. The maximum Gasteiger partial charge on any atom is 0.0661 e. The molecule has 3 rings (SSSR count). The number of aromatic nitrogens is 2. The fraction of sp³-hybridized carbons (Fsp3) is 0.800. The molecule has 106 valence electrons. The predicted molar refractivity (Wildman–Crippen MR) is 75.0 cm³/mol. The molecule has 1 spiro atoms. The van der Waals surface area contributed by atoms with Gasteiger partial charge >= 0.3 is 0 Å². The Labute approximate surface area is 115 Å². The number of rotatable bonds is 6. The summed E-state index contributed by atoms with van der Waals surface area (Å²) in [5, 5.41) is 7.95. The van der Waals surface area contributed by atoms with Gasteiger partial charge in [0.1, 0.15) is 0 Å². The van der Waals surface area contributed by atoms with Crippen LogP contribution in [0.4, 0.5) is 0 Å². The van der Waals surface area contributed by atoms with Crippen LogP contribution in [-0.4, -0.2) is 35.1 Å². The minimum absolute atomic E-state index is 0.475. The lowest BCUT2D eigenvalue weighted by Crippen LogP contribution is -2.67. The van der Waals surface area contributed by atoms with E-state index < -0.39 is 0 Å². The molecule has 0 aliphatic heterocycles. The molecule has 2 fully saturated rings. The van der Waals surface area contributed by atoms with Gasteiger partial charge in [0.05, 0.1) is 6.10 Å². The largest absolute Gasteiger partial charge is 0.378 e. The van der Waals surface area contributed by atoms with Crippen LogP contribution in [0.2, 0.25) is 0 Å². The van der Waals surface area contributed by atoms with Crippen molar-refractivity contribution < 1.29 is 4.74 Å². The molecule has 4 heteroatoms.